The Morgan fingerprint density at radius 2 is 1.67 bits per heavy atom. The molecular formula is C19H23NO. The number of hydrogen-bond acceptors (Lipinski definition) is 2. The van der Waals surface area contributed by atoms with E-state index in [9.17, 15) is 0 Å². The molecule has 0 unspecified atom stereocenters. The van der Waals surface area contributed by atoms with E-state index in [1.165, 1.54) is 22.3 Å². The Morgan fingerprint density at radius 3 is 2.24 bits per heavy atom. The third-order valence-corrected chi connectivity index (χ3v) is 4.56. The van der Waals surface area contributed by atoms with Gasteiger partial charge in [-0.05, 0) is 37.5 Å². The van der Waals surface area contributed by atoms with Crippen molar-refractivity contribution in [2.24, 2.45) is 0 Å². The van der Waals surface area contributed by atoms with Crippen molar-refractivity contribution in [3.8, 4) is 5.75 Å². The van der Waals surface area contributed by atoms with E-state index in [1.807, 2.05) is 0 Å². The van der Waals surface area contributed by atoms with Crippen molar-refractivity contribution in [2.75, 3.05) is 20.2 Å². The minimum atomic E-state index is 0.203. The zero-order valence-electron chi connectivity index (χ0n) is 13.1. The van der Waals surface area contributed by atoms with Gasteiger partial charge in [-0.3, -0.25) is 0 Å². The zero-order chi connectivity index (χ0) is 14.9. The van der Waals surface area contributed by atoms with Crippen LogP contribution in [-0.4, -0.2) is 20.2 Å². The molecule has 110 valence electrons. The van der Waals surface area contributed by atoms with Crippen LogP contribution in [0, 0.1) is 13.8 Å². The van der Waals surface area contributed by atoms with E-state index >= 15 is 0 Å². The molecule has 3 rings (SSSR count). The van der Waals surface area contributed by atoms with Crippen molar-refractivity contribution in [3.05, 3.63) is 64.7 Å². The highest BCUT2D eigenvalue weighted by molar-refractivity contribution is 5.42. The minimum Gasteiger partial charge on any atom is -0.496 e. The summed E-state index contributed by atoms with van der Waals surface area (Å²) in [5, 5.41) is 3.45. The Balaban J connectivity index is 1.94. The van der Waals surface area contributed by atoms with Gasteiger partial charge in [0, 0.05) is 18.5 Å². The largest absolute Gasteiger partial charge is 0.496 e. The molecule has 0 aliphatic carbocycles. The molecule has 2 aromatic carbocycles. The fourth-order valence-corrected chi connectivity index (χ4v) is 3.18. The Bertz CT molecular complexity index is 627. The summed E-state index contributed by atoms with van der Waals surface area (Å²) >= 11 is 0. The molecule has 0 saturated carbocycles. The zero-order valence-corrected chi connectivity index (χ0v) is 13.1. The molecule has 0 radical (unpaired) electrons. The lowest BCUT2D eigenvalue weighted by Gasteiger charge is -2.44. The van der Waals surface area contributed by atoms with Crippen molar-refractivity contribution < 1.29 is 4.74 Å². The molecule has 1 N–H and O–H groups in total. The molecule has 2 aromatic rings. The standard InChI is InChI=1S/C19H23NO/c1-14-4-7-17(8-5-14)19(12-20-13-19)11-16-10-15(2)6-9-18(16)21-3/h4-10,20H,11-13H2,1-3H3. The third-order valence-electron chi connectivity index (χ3n) is 4.56. The Hall–Kier alpha value is -1.80. The van der Waals surface area contributed by atoms with Crippen LogP contribution in [0.1, 0.15) is 22.3 Å². The predicted molar refractivity (Wildman–Crippen MR) is 87.2 cm³/mol. The second-order valence-corrected chi connectivity index (χ2v) is 6.24. The molecule has 2 heteroatoms. The molecule has 0 spiro atoms. The second-order valence-electron chi connectivity index (χ2n) is 6.24. The Kier molecular flexibility index (Phi) is 3.73. The van der Waals surface area contributed by atoms with E-state index < -0.39 is 0 Å². The monoisotopic (exact) mass is 281 g/mol. The number of ether oxygens (including phenoxy) is 1. The molecule has 0 amide bonds. The summed E-state index contributed by atoms with van der Waals surface area (Å²) in [6, 6.07) is 15.4. The van der Waals surface area contributed by atoms with Gasteiger partial charge in [0.25, 0.3) is 0 Å². The highest BCUT2D eigenvalue weighted by atomic mass is 16.5. The summed E-state index contributed by atoms with van der Waals surface area (Å²) in [6.07, 6.45) is 1.02. The van der Waals surface area contributed by atoms with Crippen LogP contribution < -0.4 is 10.1 Å². The SMILES string of the molecule is COc1ccc(C)cc1CC1(c2ccc(C)cc2)CNC1. The van der Waals surface area contributed by atoms with Gasteiger partial charge in [-0.25, -0.2) is 0 Å². The van der Waals surface area contributed by atoms with Gasteiger partial charge in [0.1, 0.15) is 5.75 Å². The van der Waals surface area contributed by atoms with Gasteiger partial charge in [-0.1, -0.05) is 47.5 Å². The molecule has 0 aromatic heterocycles. The number of benzene rings is 2. The lowest BCUT2D eigenvalue weighted by molar-refractivity contribution is 0.271. The van der Waals surface area contributed by atoms with Crippen LogP contribution in [0.3, 0.4) is 0 Å². The maximum absolute atomic E-state index is 5.55. The van der Waals surface area contributed by atoms with Crippen molar-refractivity contribution in [1.82, 2.24) is 5.32 Å². The van der Waals surface area contributed by atoms with Crippen LogP contribution in [0.15, 0.2) is 42.5 Å². The van der Waals surface area contributed by atoms with E-state index in [0.717, 1.165) is 25.3 Å². The molecule has 1 heterocycles. The highest BCUT2D eigenvalue weighted by Gasteiger charge is 2.39. The van der Waals surface area contributed by atoms with E-state index in [-0.39, 0.29) is 5.41 Å². The quantitative estimate of drug-likeness (QED) is 0.927. The smallest absolute Gasteiger partial charge is 0.122 e. The van der Waals surface area contributed by atoms with Crippen LogP contribution in [-0.2, 0) is 11.8 Å². The fourth-order valence-electron chi connectivity index (χ4n) is 3.18. The lowest BCUT2D eigenvalue weighted by atomic mass is 9.70. The fraction of sp³-hybridized carbons (Fsp3) is 0.368. The average Bonchev–Trinajstić information content (AvgIpc) is 2.44. The van der Waals surface area contributed by atoms with Crippen LogP contribution in [0.5, 0.6) is 5.75 Å². The second kappa shape index (κ2) is 5.53. The molecule has 1 saturated heterocycles. The summed E-state index contributed by atoms with van der Waals surface area (Å²) < 4.78 is 5.55. The van der Waals surface area contributed by atoms with Crippen LogP contribution in [0.4, 0.5) is 0 Å². The first kappa shape index (κ1) is 14.2. The number of nitrogens with one attached hydrogen (secondary N) is 1. The average molecular weight is 281 g/mol. The van der Waals surface area contributed by atoms with Crippen molar-refractivity contribution in [3.63, 3.8) is 0 Å². The van der Waals surface area contributed by atoms with Crippen molar-refractivity contribution in [2.45, 2.75) is 25.7 Å². The summed E-state index contributed by atoms with van der Waals surface area (Å²) in [5.74, 6) is 0.999. The molecule has 0 bridgehead atoms. The molecule has 1 aliphatic rings. The van der Waals surface area contributed by atoms with Crippen molar-refractivity contribution in [1.29, 1.82) is 0 Å². The van der Waals surface area contributed by atoms with Gasteiger partial charge < -0.3 is 10.1 Å². The van der Waals surface area contributed by atoms with E-state index in [2.05, 4.69) is 61.6 Å². The summed E-state index contributed by atoms with van der Waals surface area (Å²) in [7, 11) is 1.76. The molecule has 21 heavy (non-hydrogen) atoms. The van der Waals surface area contributed by atoms with E-state index in [4.69, 9.17) is 4.74 Å². The Labute approximate surface area is 127 Å². The number of aryl methyl sites for hydroxylation is 2. The topological polar surface area (TPSA) is 21.3 Å². The maximum atomic E-state index is 5.55. The third kappa shape index (κ3) is 2.68. The normalized spacial score (nSPS) is 16.3. The maximum Gasteiger partial charge on any atom is 0.122 e. The van der Waals surface area contributed by atoms with Crippen LogP contribution in [0.25, 0.3) is 0 Å². The predicted octanol–water partition coefficient (Wildman–Crippen LogP) is 3.40. The molecule has 0 atom stereocenters. The van der Waals surface area contributed by atoms with Crippen LogP contribution in [0.2, 0.25) is 0 Å². The summed E-state index contributed by atoms with van der Waals surface area (Å²) in [5.41, 5.74) is 5.54. The first-order valence-corrected chi connectivity index (χ1v) is 7.54. The van der Waals surface area contributed by atoms with E-state index in [1.54, 1.807) is 7.11 Å². The first-order valence-electron chi connectivity index (χ1n) is 7.54. The number of methoxy groups -OCH3 is 1. The number of hydrogen-bond donors (Lipinski definition) is 1. The molecule has 2 nitrogen and oxygen atoms in total. The van der Waals surface area contributed by atoms with Gasteiger partial charge in [-0.2, -0.15) is 0 Å². The van der Waals surface area contributed by atoms with Gasteiger partial charge in [0.2, 0.25) is 0 Å². The van der Waals surface area contributed by atoms with Crippen LogP contribution >= 0.6 is 0 Å². The first-order chi connectivity index (χ1) is 10.1. The summed E-state index contributed by atoms with van der Waals surface area (Å²) in [6.45, 7) is 6.35. The van der Waals surface area contributed by atoms with Gasteiger partial charge in [0.15, 0.2) is 0 Å². The van der Waals surface area contributed by atoms with Gasteiger partial charge >= 0.3 is 0 Å². The Morgan fingerprint density at radius 1 is 1.00 bits per heavy atom. The molecule has 1 aliphatic heterocycles. The van der Waals surface area contributed by atoms with E-state index in [0.29, 0.717) is 0 Å². The number of rotatable bonds is 4. The highest BCUT2D eigenvalue weighted by Crippen LogP contribution is 2.35. The van der Waals surface area contributed by atoms with Gasteiger partial charge in [0.05, 0.1) is 7.11 Å². The molecular weight excluding hydrogens is 258 g/mol. The minimum absolute atomic E-state index is 0.203. The molecule has 1 fully saturated rings. The van der Waals surface area contributed by atoms with Gasteiger partial charge in [-0.15, -0.1) is 0 Å². The van der Waals surface area contributed by atoms with Crippen molar-refractivity contribution >= 4 is 0 Å². The summed E-state index contributed by atoms with van der Waals surface area (Å²) in [4.78, 5) is 0. The lowest BCUT2D eigenvalue weighted by Crippen LogP contribution is -2.58.